The van der Waals surface area contributed by atoms with Crippen LogP contribution in [0.3, 0.4) is 0 Å². The number of aromatic hydroxyl groups is 1. The van der Waals surface area contributed by atoms with Gasteiger partial charge in [0.1, 0.15) is 5.75 Å². The van der Waals surface area contributed by atoms with Crippen LogP contribution in [0.5, 0.6) is 5.75 Å². The molecule has 0 saturated heterocycles. The minimum absolute atomic E-state index is 0.247. The molecule has 0 aliphatic carbocycles. The summed E-state index contributed by atoms with van der Waals surface area (Å²) in [5.41, 5.74) is 8.04. The van der Waals surface area contributed by atoms with Gasteiger partial charge in [-0.15, -0.1) is 11.3 Å². The molecule has 0 amide bonds. The van der Waals surface area contributed by atoms with Gasteiger partial charge in [0.15, 0.2) is 0 Å². The van der Waals surface area contributed by atoms with E-state index >= 15 is 0 Å². The van der Waals surface area contributed by atoms with E-state index in [1.54, 1.807) is 12.1 Å². The fraction of sp³-hybridized carbons (Fsp3) is 0.111. The molecule has 0 fully saturated rings. The largest absolute Gasteiger partial charge is 0.508 e. The molecule has 4 nitrogen and oxygen atoms in total. The third kappa shape index (κ3) is 3.76. The molecule has 3 aromatic rings. The Labute approximate surface area is 139 Å². The van der Waals surface area contributed by atoms with Crippen molar-refractivity contribution in [1.29, 1.82) is 0 Å². The molecule has 1 aromatic heterocycles. The predicted octanol–water partition coefficient (Wildman–Crippen LogP) is 4.66. The normalized spacial score (nSPS) is 11.5. The van der Waals surface area contributed by atoms with Gasteiger partial charge in [0.25, 0.3) is 0 Å². The smallest absolute Gasteiger partial charge is 0.203 e. The first-order valence-electron chi connectivity index (χ1n) is 7.24. The van der Waals surface area contributed by atoms with Crippen LogP contribution in [0, 0.1) is 6.92 Å². The predicted molar refractivity (Wildman–Crippen MR) is 96.2 cm³/mol. The third-order valence-corrected chi connectivity index (χ3v) is 4.20. The molecule has 0 aliphatic rings. The van der Waals surface area contributed by atoms with Crippen molar-refractivity contribution in [3.8, 4) is 17.0 Å². The van der Waals surface area contributed by atoms with Gasteiger partial charge in [0.2, 0.25) is 5.13 Å². The lowest BCUT2D eigenvalue weighted by atomic mass is 10.1. The van der Waals surface area contributed by atoms with Crippen molar-refractivity contribution in [3.05, 3.63) is 65.0 Å². The molecule has 0 spiro atoms. The fourth-order valence-corrected chi connectivity index (χ4v) is 2.74. The third-order valence-electron chi connectivity index (χ3n) is 3.46. The highest BCUT2D eigenvalue weighted by atomic mass is 32.1. The number of anilines is 1. The minimum Gasteiger partial charge on any atom is -0.508 e. The highest BCUT2D eigenvalue weighted by Gasteiger charge is 2.04. The summed E-state index contributed by atoms with van der Waals surface area (Å²) < 4.78 is 0. The number of hydrazone groups is 1. The second-order valence-corrected chi connectivity index (χ2v) is 6.12. The number of hydrogen-bond acceptors (Lipinski definition) is 5. The topological polar surface area (TPSA) is 57.5 Å². The molecular weight excluding hydrogens is 306 g/mol. The average Bonchev–Trinajstić information content (AvgIpc) is 3.03. The van der Waals surface area contributed by atoms with Crippen molar-refractivity contribution < 1.29 is 5.11 Å². The molecule has 2 N–H and O–H groups in total. The van der Waals surface area contributed by atoms with Crippen molar-refractivity contribution in [2.24, 2.45) is 5.10 Å². The lowest BCUT2D eigenvalue weighted by Gasteiger charge is -2.01. The molecule has 3 rings (SSSR count). The van der Waals surface area contributed by atoms with Crippen LogP contribution in [0.25, 0.3) is 11.3 Å². The first-order chi connectivity index (χ1) is 11.1. The highest BCUT2D eigenvalue weighted by molar-refractivity contribution is 7.14. The van der Waals surface area contributed by atoms with E-state index in [1.165, 1.54) is 16.9 Å². The number of rotatable bonds is 4. The summed E-state index contributed by atoms with van der Waals surface area (Å²) in [6.07, 6.45) is 0. The van der Waals surface area contributed by atoms with Crippen molar-refractivity contribution in [2.75, 3.05) is 5.43 Å². The summed E-state index contributed by atoms with van der Waals surface area (Å²) in [7, 11) is 0. The summed E-state index contributed by atoms with van der Waals surface area (Å²) in [6, 6.07) is 15.2. The number of nitrogens with zero attached hydrogens (tertiary/aromatic N) is 2. The number of aryl methyl sites for hydroxylation is 1. The van der Waals surface area contributed by atoms with E-state index in [0.29, 0.717) is 0 Å². The Morgan fingerprint density at radius 3 is 2.48 bits per heavy atom. The molecule has 0 aliphatic heterocycles. The van der Waals surface area contributed by atoms with Gasteiger partial charge in [-0.1, -0.05) is 29.8 Å². The monoisotopic (exact) mass is 323 g/mol. The van der Waals surface area contributed by atoms with Crippen molar-refractivity contribution in [2.45, 2.75) is 13.8 Å². The molecule has 0 atom stereocenters. The summed E-state index contributed by atoms with van der Waals surface area (Å²) in [5, 5.41) is 16.4. The zero-order valence-corrected chi connectivity index (χ0v) is 13.8. The second kappa shape index (κ2) is 6.62. The number of aromatic nitrogens is 1. The summed E-state index contributed by atoms with van der Waals surface area (Å²) in [4.78, 5) is 4.55. The zero-order valence-electron chi connectivity index (χ0n) is 12.9. The van der Waals surface area contributed by atoms with Gasteiger partial charge in [-0.05, 0) is 43.7 Å². The molecule has 5 heteroatoms. The number of phenolic OH excluding ortho intramolecular Hbond substituents is 1. The van der Waals surface area contributed by atoms with E-state index in [0.717, 1.165) is 27.7 Å². The van der Waals surface area contributed by atoms with E-state index in [1.807, 2.05) is 24.4 Å². The fourth-order valence-electron chi connectivity index (χ4n) is 2.08. The maximum Gasteiger partial charge on any atom is 0.203 e. The summed E-state index contributed by atoms with van der Waals surface area (Å²) >= 11 is 1.52. The van der Waals surface area contributed by atoms with Crippen LogP contribution in [-0.2, 0) is 0 Å². The Hall–Kier alpha value is -2.66. The molecule has 1 heterocycles. The first kappa shape index (κ1) is 15.2. The molecule has 0 radical (unpaired) electrons. The lowest BCUT2D eigenvalue weighted by molar-refractivity contribution is 0.475. The van der Waals surface area contributed by atoms with E-state index < -0.39 is 0 Å². The lowest BCUT2D eigenvalue weighted by Crippen LogP contribution is -1.99. The van der Waals surface area contributed by atoms with Gasteiger partial charge in [0.05, 0.1) is 11.4 Å². The van der Waals surface area contributed by atoms with Crippen LogP contribution in [-0.4, -0.2) is 15.8 Å². The molecular formula is C18H17N3OS. The van der Waals surface area contributed by atoms with E-state index in [4.69, 9.17) is 0 Å². The van der Waals surface area contributed by atoms with E-state index in [-0.39, 0.29) is 5.75 Å². The zero-order chi connectivity index (χ0) is 16.2. The number of phenols is 1. The van der Waals surface area contributed by atoms with Crippen LogP contribution in [0.15, 0.2) is 59.0 Å². The Morgan fingerprint density at radius 1 is 1.09 bits per heavy atom. The van der Waals surface area contributed by atoms with Crippen LogP contribution in [0.2, 0.25) is 0 Å². The second-order valence-electron chi connectivity index (χ2n) is 5.26. The first-order valence-corrected chi connectivity index (χ1v) is 8.12. The van der Waals surface area contributed by atoms with Crippen LogP contribution < -0.4 is 5.43 Å². The van der Waals surface area contributed by atoms with Gasteiger partial charge in [-0.2, -0.15) is 5.10 Å². The Kier molecular flexibility index (Phi) is 4.39. The molecule has 0 saturated carbocycles. The number of hydrogen-bond donors (Lipinski definition) is 2. The number of thiazole rings is 1. The quantitative estimate of drug-likeness (QED) is 0.542. The van der Waals surface area contributed by atoms with Gasteiger partial charge in [0, 0.05) is 10.9 Å². The molecule has 116 valence electrons. The minimum atomic E-state index is 0.247. The standard InChI is InChI=1S/C18H17N3OS/c1-12-3-5-15(6-4-12)17-11-23-18(19-17)21-20-13(2)14-7-9-16(22)10-8-14/h3-11,22H,1-2H3,(H,19,21)/b20-13+. The van der Waals surface area contributed by atoms with Gasteiger partial charge in [-0.3, -0.25) is 5.43 Å². The van der Waals surface area contributed by atoms with Crippen LogP contribution in [0.1, 0.15) is 18.1 Å². The SMILES string of the molecule is C/C(=N\Nc1nc(-c2ccc(C)cc2)cs1)c1ccc(O)cc1. The maximum atomic E-state index is 9.31. The summed E-state index contributed by atoms with van der Waals surface area (Å²) in [5.74, 6) is 0.247. The Balaban J connectivity index is 1.72. The average molecular weight is 323 g/mol. The van der Waals surface area contributed by atoms with Crippen molar-refractivity contribution >= 4 is 22.2 Å². The van der Waals surface area contributed by atoms with E-state index in [9.17, 15) is 5.11 Å². The van der Waals surface area contributed by atoms with Crippen LogP contribution >= 0.6 is 11.3 Å². The van der Waals surface area contributed by atoms with Gasteiger partial charge < -0.3 is 5.11 Å². The maximum absolute atomic E-state index is 9.31. The summed E-state index contributed by atoms with van der Waals surface area (Å²) in [6.45, 7) is 3.98. The number of benzene rings is 2. The highest BCUT2D eigenvalue weighted by Crippen LogP contribution is 2.25. The Morgan fingerprint density at radius 2 is 1.78 bits per heavy atom. The molecule has 0 bridgehead atoms. The Bertz CT molecular complexity index is 820. The van der Waals surface area contributed by atoms with Gasteiger partial charge in [-0.25, -0.2) is 4.98 Å². The number of nitrogens with one attached hydrogen (secondary N) is 1. The molecule has 23 heavy (non-hydrogen) atoms. The van der Waals surface area contributed by atoms with Gasteiger partial charge >= 0.3 is 0 Å². The van der Waals surface area contributed by atoms with Crippen LogP contribution in [0.4, 0.5) is 5.13 Å². The molecule has 2 aromatic carbocycles. The van der Waals surface area contributed by atoms with Crippen molar-refractivity contribution in [3.63, 3.8) is 0 Å². The van der Waals surface area contributed by atoms with Crippen molar-refractivity contribution in [1.82, 2.24) is 4.98 Å². The van der Waals surface area contributed by atoms with E-state index in [2.05, 4.69) is 46.7 Å². The molecule has 0 unspecified atom stereocenters.